The molecule has 0 saturated heterocycles. The first-order chi connectivity index (χ1) is 28.2. The molecule has 270 valence electrons. The zero-order valence-electron chi connectivity index (χ0n) is 31.2. The van der Waals surface area contributed by atoms with Gasteiger partial charge in [0.15, 0.2) is 0 Å². The van der Waals surface area contributed by atoms with Crippen molar-refractivity contribution in [1.82, 2.24) is 0 Å². The minimum absolute atomic E-state index is 0.344. The van der Waals surface area contributed by atoms with Crippen molar-refractivity contribution in [2.45, 2.75) is 0 Å². The van der Waals surface area contributed by atoms with Crippen molar-refractivity contribution < 1.29 is 0 Å². The van der Waals surface area contributed by atoms with Crippen molar-refractivity contribution in [3.05, 3.63) is 231 Å². The summed E-state index contributed by atoms with van der Waals surface area (Å²) in [6, 6.07) is 83.3. The fraction of sp³-hybridized carbons (Fsp3) is 0. The maximum absolute atomic E-state index is 2.37. The Morgan fingerprint density at radius 2 is 0.544 bits per heavy atom. The molecule has 0 saturated carbocycles. The number of anilines is 6. The van der Waals surface area contributed by atoms with Gasteiger partial charge >= 0.3 is 188 Å². The first-order valence-electron chi connectivity index (χ1n) is 19.3. The van der Waals surface area contributed by atoms with Gasteiger partial charge in [0.25, 0.3) is 0 Å². The van der Waals surface area contributed by atoms with E-state index in [1.54, 1.807) is 0 Å². The summed E-state index contributed by atoms with van der Waals surface area (Å²) in [6.45, 7) is 0. The average molecular weight is 794 g/mol. The van der Waals surface area contributed by atoms with Gasteiger partial charge in [-0.3, -0.25) is 0 Å². The summed E-state index contributed by atoms with van der Waals surface area (Å²) in [5.74, 6) is 0. The molecular formula is C54H38N2Se. The van der Waals surface area contributed by atoms with Gasteiger partial charge in [0, 0.05) is 17.1 Å². The quantitative estimate of drug-likeness (QED) is 0.134. The van der Waals surface area contributed by atoms with Crippen LogP contribution >= 0.6 is 0 Å². The normalized spacial score (nSPS) is 11.2. The van der Waals surface area contributed by atoms with E-state index in [9.17, 15) is 0 Å². The van der Waals surface area contributed by atoms with E-state index >= 15 is 0 Å². The molecule has 57 heavy (non-hydrogen) atoms. The van der Waals surface area contributed by atoms with E-state index in [1.807, 2.05) is 0 Å². The molecule has 0 spiro atoms. The third kappa shape index (κ3) is 6.96. The van der Waals surface area contributed by atoms with E-state index in [0.29, 0.717) is 14.5 Å². The van der Waals surface area contributed by atoms with Crippen LogP contribution in [0.3, 0.4) is 0 Å². The van der Waals surface area contributed by atoms with Crippen LogP contribution in [0.15, 0.2) is 231 Å². The molecule has 0 N–H and O–H groups in total. The predicted octanol–water partition coefficient (Wildman–Crippen LogP) is 15.0. The number of rotatable bonds is 9. The third-order valence-corrected chi connectivity index (χ3v) is 13.1. The molecule has 0 aliphatic carbocycles. The average Bonchev–Trinajstić information content (AvgIpc) is 3.67. The molecule has 0 radical (unpaired) electrons. The van der Waals surface area contributed by atoms with Gasteiger partial charge in [-0.05, 0) is 46.5 Å². The summed E-state index contributed by atoms with van der Waals surface area (Å²) in [5, 5.41) is 2.72. The van der Waals surface area contributed by atoms with Gasteiger partial charge in [0.05, 0.1) is 0 Å². The van der Waals surface area contributed by atoms with Crippen molar-refractivity contribution in [1.29, 1.82) is 0 Å². The standard InChI is InChI=1S/C54H38N2Se/c1-4-12-39(13-5-1)41-20-28-46(29-21-41)55(47-30-22-42(23-31-47)40-14-6-2-7-15-40)48-32-24-43(25-33-48)44-26-34-49(35-27-44)56(45-16-8-3-9-17-45)50-36-37-54-52(38-50)51-18-10-11-19-53(51)57-54/h1-38H. The second kappa shape index (κ2) is 15.3. The number of benzene rings is 9. The second-order valence-corrected chi connectivity index (χ2v) is 16.5. The number of nitrogens with zero attached hydrogens (tertiary/aromatic N) is 2. The summed E-state index contributed by atoms with van der Waals surface area (Å²) in [5.41, 5.74) is 13.9. The van der Waals surface area contributed by atoms with Crippen molar-refractivity contribution in [3.63, 3.8) is 0 Å². The zero-order valence-corrected chi connectivity index (χ0v) is 33.0. The predicted molar refractivity (Wildman–Crippen MR) is 244 cm³/mol. The molecule has 10 aromatic rings. The molecule has 0 atom stereocenters. The van der Waals surface area contributed by atoms with Gasteiger partial charge in [-0.25, -0.2) is 0 Å². The van der Waals surface area contributed by atoms with Crippen molar-refractivity contribution in [2.75, 3.05) is 9.80 Å². The fourth-order valence-electron chi connectivity index (χ4n) is 7.80. The molecule has 9 aromatic carbocycles. The minimum atomic E-state index is 0.344. The van der Waals surface area contributed by atoms with Crippen molar-refractivity contribution in [2.24, 2.45) is 0 Å². The van der Waals surface area contributed by atoms with E-state index in [2.05, 4.69) is 240 Å². The Labute approximate surface area is 339 Å². The topological polar surface area (TPSA) is 6.48 Å². The summed E-state index contributed by atoms with van der Waals surface area (Å²) in [6.07, 6.45) is 0. The molecule has 2 nitrogen and oxygen atoms in total. The van der Waals surface area contributed by atoms with Gasteiger partial charge in [-0.1, -0.05) is 84.9 Å². The number of hydrogen-bond acceptors (Lipinski definition) is 2. The molecule has 0 aliphatic heterocycles. The van der Waals surface area contributed by atoms with Crippen LogP contribution in [0.5, 0.6) is 0 Å². The summed E-state index contributed by atoms with van der Waals surface area (Å²) in [4.78, 5) is 4.70. The molecule has 1 heterocycles. The molecule has 0 amide bonds. The van der Waals surface area contributed by atoms with Crippen LogP contribution in [-0.4, -0.2) is 14.5 Å². The third-order valence-electron chi connectivity index (χ3n) is 10.7. The molecule has 0 aliphatic rings. The van der Waals surface area contributed by atoms with E-state index in [4.69, 9.17) is 0 Å². The van der Waals surface area contributed by atoms with Crippen LogP contribution in [0, 0.1) is 0 Å². The number of para-hydroxylation sites is 1. The van der Waals surface area contributed by atoms with Gasteiger partial charge in [0.2, 0.25) is 0 Å². The van der Waals surface area contributed by atoms with E-state index in [-0.39, 0.29) is 0 Å². The maximum atomic E-state index is 2.37. The van der Waals surface area contributed by atoms with Crippen LogP contribution in [0.25, 0.3) is 52.7 Å². The number of hydrogen-bond donors (Lipinski definition) is 0. The molecule has 10 rings (SSSR count). The van der Waals surface area contributed by atoms with Crippen LogP contribution in [0.4, 0.5) is 34.1 Å². The Morgan fingerprint density at radius 1 is 0.228 bits per heavy atom. The van der Waals surface area contributed by atoms with E-state index in [1.165, 1.54) is 58.4 Å². The van der Waals surface area contributed by atoms with Crippen LogP contribution in [0.2, 0.25) is 0 Å². The van der Waals surface area contributed by atoms with Gasteiger partial charge in [-0.15, -0.1) is 0 Å². The van der Waals surface area contributed by atoms with Crippen LogP contribution < -0.4 is 9.80 Å². The summed E-state index contributed by atoms with van der Waals surface area (Å²) < 4.78 is 2.91. The first-order valence-corrected chi connectivity index (χ1v) is 21.0. The summed E-state index contributed by atoms with van der Waals surface area (Å²) in [7, 11) is 0. The molecule has 0 bridgehead atoms. The Balaban J connectivity index is 0.976. The number of fused-ring (bicyclic) bond motifs is 3. The van der Waals surface area contributed by atoms with E-state index in [0.717, 1.165) is 28.4 Å². The SMILES string of the molecule is c1ccc(-c2ccc(N(c3ccc(-c4ccccc4)cc3)c3ccc(-c4ccc(N(c5ccccc5)c5ccc6[se]c7ccccc7c6c5)cc4)cc3)cc2)cc1. The van der Waals surface area contributed by atoms with Gasteiger partial charge in [0.1, 0.15) is 0 Å². The first kappa shape index (κ1) is 34.6. The molecule has 0 unspecified atom stereocenters. The second-order valence-electron chi connectivity index (χ2n) is 14.2. The zero-order chi connectivity index (χ0) is 38.0. The van der Waals surface area contributed by atoms with Crippen molar-refractivity contribution in [3.8, 4) is 33.4 Å². The van der Waals surface area contributed by atoms with Crippen molar-refractivity contribution >= 4 is 67.9 Å². The molecule has 3 heteroatoms. The monoisotopic (exact) mass is 794 g/mol. The molecular weight excluding hydrogens is 756 g/mol. The van der Waals surface area contributed by atoms with Crippen LogP contribution in [-0.2, 0) is 0 Å². The summed E-state index contributed by atoms with van der Waals surface area (Å²) >= 11 is 0.344. The van der Waals surface area contributed by atoms with Gasteiger partial charge in [-0.2, -0.15) is 0 Å². The Morgan fingerprint density at radius 3 is 1.00 bits per heavy atom. The fourth-order valence-corrected chi connectivity index (χ4v) is 10.1. The molecule has 0 fully saturated rings. The molecule has 1 aromatic heterocycles. The Bertz CT molecular complexity index is 2820. The van der Waals surface area contributed by atoms with Crippen LogP contribution in [0.1, 0.15) is 0 Å². The minimum Gasteiger partial charge on any atom is -0.0617 e. The Hall–Kier alpha value is -6.90. The van der Waals surface area contributed by atoms with Gasteiger partial charge < -0.3 is 4.90 Å². The smallest absolute Gasteiger partial charge is 0.0617 e. The Kier molecular flexibility index (Phi) is 9.30. The van der Waals surface area contributed by atoms with E-state index < -0.39 is 0 Å².